The fourth-order valence-electron chi connectivity index (χ4n) is 2.79. The molecule has 0 fully saturated rings. The standard InChI is InChI=1S/C22H34O3/c1-4-6-8-13-17-20(16-10-7-5-2)25-22(23)21(24-3)18-19-14-11-9-12-15-19/h9,11-12,14-15,18,20H,4-8,10,13,16-17H2,1-3H3. The lowest BCUT2D eigenvalue weighted by Gasteiger charge is -2.18. The molecule has 3 nitrogen and oxygen atoms in total. The van der Waals surface area contributed by atoms with Gasteiger partial charge in [0.05, 0.1) is 7.11 Å². The average Bonchev–Trinajstić information content (AvgIpc) is 2.64. The van der Waals surface area contributed by atoms with Crippen molar-refractivity contribution >= 4 is 12.0 Å². The molecule has 1 aromatic carbocycles. The Bertz CT molecular complexity index is 493. The number of hydrogen-bond donors (Lipinski definition) is 0. The molecule has 0 aliphatic carbocycles. The van der Waals surface area contributed by atoms with Crippen LogP contribution in [0.3, 0.4) is 0 Å². The summed E-state index contributed by atoms with van der Waals surface area (Å²) in [5, 5.41) is 0. The Morgan fingerprint density at radius 2 is 1.56 bits per heavy atom. The highest BCUT2D eigenvalue weighted by Crippen LogP contribution is 2.18. The van der Waals surface area contributed by atoms with Crippen molar-refractivity contribution in [2.45, 2.75) is 77.7 Å². The van der Waals surface area contributed by atoms with Gasteiger partial charge in [-0.2, -0.15) is 0 Å². The van der Waals surface area contributed by atoms with Crippen LogP contribution in [0.25, 0.3) is 6.08 Å². The van der Waals surface area contributed by atoms with Crippen molar-refractivity contribution in [1.29, 1.82) is 0 Å². The van der Waals surface area contributed by atoms with Crippen LogP contribution in [-0.2, 0) is 14.3 Å². The van der Waals surface area contributed by atoms with Crippen LogP contribution in [0.15, 0.2) is 36.1 Å². The molecule has 0 radical (unpaired) electrons. The lowest BCUT2D eigenvalue weighted by Crippen LogP contribution is -2.20. The summed E-state index contributed by atoms with van der Waals surface area (Å²) in [4.78, 5) is 12.5. The molecule has 0 saturated heterocycles. The summed E-state index contributed by atoms with van der Waals surface area (Å²) in [6.45, 7) is 4.39. The van der Waals surface area contributed by atoms with Crippen LogP contribution in [0.5, 0.6) is 0 Å². The van der Waals surface area contributed by atoms with E-state index < -0.39 is 0 Å². The molecule has 0 spiro atoms. The van der Waals surface area contributed by atoms with Crippen molar-refractivity contribution in [2.75, 3.05) is 7.11 Å². The van der Waals surface area contributed by atoms with Gasteiger partial charge in [-0.15, -0.1) is 0 Å². The van der Waals surface area contributed by atoms with Gasteiger partial charge >= 0.3 is 5.97 Å². The Morgan fingerprint density at radius 1 is 0.960 bits per heavy atom. The van der Waals surface area contributed by atoms with Crippen molar-refractivity contribution in [3.63, 3.8) is 0 Å². The Morgan fingerprint density at radius 3 is 2.16 bits per heavy atom. The molecule has 0 amide bonds. The maximum absolute atomic E-state index is 12.5. The van der Waals surface area contributed by atoms with E-state index in [-0.39, 0.29) is 17.8 Å². The van der Waals surface area contributed by atoms with Crippen molar-refractivity contribution in [3.05, 3.63) is 41.7 Å². The van der Waals surface area contributed by atoms with Crippen LogP contribution in [0.4, 0.5) is 0 Å². The van der Waals surface area contributed by atoms with E-state index in [2.05, 4.69) is 13.8 Å². The van der Waals surface area contributed by atoms with Crippen LogP contribution in [0.1, 0.15) is 77.2 Å². The van der Waals surface area contributed by atoms with Gasteiger partial charge in [0.25, 0.3) is 0 Å². The van der Waals surface area contributed by atoms with Crippen molar-refractivity contribution < 1.29 is 14.3 Å². The third-order valence-corrected chi connectivity index (χ3v) is 4.30. The monoisotopic (exact) mass is 346 g/mol. The second-order valence-electron chi connectivity index (χ2n) is 6.50. The Balaban J connectivity index is 2.64. The van der Waals surface area contributed by atoms with Gasteiger partial charge in [0.2, 0.25) is 5.76 Å². The number of unbranched alkanes of at least 4 members (excludes halogenated alkanes) is 5. The smallest absolute Gasteiger partial charge is 0.373 e. The predicted octanol–water partition coefficient (Wildman–Crippen LogP) is 6.14. The van der Waals surface area contributed by atoms with E-state index >= 15 is 0 Å². The van der Waals surface area contributed by atoms with Crippen LogP contribution >= 0.6 is 0 Å². The van der Waals surface area contributed by atoms with Gasteiger partial charge in [0.1, 0.15) is 6.10 Å². The molecule has 3 heteroatoms. The summed E-state index contributed by atoms with van der Waals surface area (Å²) in [6.07, 6.45) is 11.8. The molecule has 0 aliphatic heterocycles. The third-order valence-electron chi connectivity index (χ3n) is 4.30. The molecule has 140 valence electrons. The van der Waals surface area contributed by atoms with Gasteiger partial charge in [-0.3, -0.25) is 0 Å². The van der Waals surface area contributed by atoms with Gasteiger partial charge in [0.15, 0.2) is 0 Å². The SMILES string of the molecule is CCCCCCC(CCCCC)OC(=O)C(=Cc1ccccc1)OC. The molecule has 1 atom stereocenters. The third kappa shape index (κ3) is 9.33. The minimum Gasteiger partial charge on any atom is -0.490 e. The maximum atomic E-state index is 12.5. The van der Waals surface area contributed by atoms with Gasteiger partial charge < -0.3 is 9.47 Å². The Hall–Kier alpha value is -1.77. The van der Waals surface area contributed by atoms with E-state index in [4.69, 9.17) is 9.47 Å². The Labute approximate surface area is 153 Å². The number of hydrogen-bond acceptors (Lipinski definition) is 3. The van der Waals surface area contributed by atoms with E-state index in [0.717, 1.165) is 31.2 Å². The summed E-state index contributed by atoms with van der Waals surface area (Å²) in [7, 11) is 1.52. The number of methoxy groups -OCH3 is 1. The van der Waals surface area contributed by atoms with Gasteiger partial charge in [-0.1, -0.05) is 76.3 Å². The van der Waals surface area contributed by atoms with Crippen molar-refractivity contribution in [2.24, 2.45) is 0 Å². The number of carbonyl (C=O) groups excluding carboxylic acids is 1. The highest BCUT2D eigenvalue weighted by molar-refractivity contribution is 5.91. The predicted molar refractivity (Wildman–Crippen MR) is 104 cm³/mol. The van der Waals surface area contributed by atoms with E-state index in [9.17, 15) is 4.79 Å². The fourth-order valence-corrected chi connectivity index (χ4v) is 2.79. The first-order valence-electron chi connectivity index (χ1n) is 9.73. The van der Waals surface area contributed by atoms with E-state index in [1.165, 1.54) is 39.2 Å². The molecule has 1 unspecified atom stereocenters. The van der Waals surface area contributed by atoms with Gasteiger partial charge in [0, 0.05) is 0 Å². The van der Waals surface area contributed by atoms with E-state index in [1.54, 1.807) is 6.08 Å². The van der Waals surface area contributed by atoms with Crippen LogP contribution in [-0.4, -0.2) is 19.2 Å². The molecule has 1 aromatic rings. The largest absolute Gasteiger partial charge is 0.490 e. The van der Waals surface area contributed by atoms with Crippen molar-refractivity contribution in [3.8, 4) is 0 Å². The molecule has 0 aromatic heterocycles. The zero-order valence-corrected chi connectivity index (χ0v) is 16.1. The van der Waals surface area contributed by atoms with Gasteiger partial charge in [-0.25, -0.2) is 4.79 Å². The lowest BCUT2D eigenvalue weighted by atomic mass is 10.0. The average molecular weight is 347 g/mol. The summed E-state index contributed by atoms with van der Waals surface area (Å²) in [5.41, 5.74) is 0.932. The second kappa shape index (κ2) is 13.5. The molecule has 1 rings (SSSR count). The molecule has 0 N–H and O–H groups in total. The van der Waals surface area contributed by atoms with Crippen LogP contribution < -0.4 is 0 Å². The minimum absolute atomic E-state index is 0.00905. The van der Waals surface area contributed by atoms with E-state index in [0.29, 0.717) is 0 Å². The number of rotatable bonds is 13. The zero-order chi connectivity index (χ0) is 18.3. The highest BCUT2D eigenvalue weighted by Gasteiger charge is 2.18. The lowest BCUT2D eigenvalue weighted by molar-refractivity contribution is -0.148. The zero-order valence-electron chi connectivity index (χ0n) is 16.1. The minimum atomic E-state index is -0.358. The summed E-state index contributed by atoms with van der Waals surface area (Å²) in [5.74, 6) is -0.0939. The summed E-state index contributed by atoms with van der Waals surface area (Å²) >= 11 is 0. The first-order chi connectivity index (χ1) is 12.2. The number of ether oxygens (including phenoxy) is 2. The topological polar surface area (TPSA) is 35.5 Å². The summed E-state index contributed by atoms with van der Waals surface area (Å²) < 4.78 is 11.0. The molecule has 0 aliphatic rings. The molecule has 0 saturated carbocycles. The maximum Gasteiger partial charge on any atom is 0.373 e. The molecular weight excluding hydrogens is 312 g/mol. The number of esters is 1. The number of carbonyl (C=O) groups is 1. The van der Waals surface area contributed by atoms with Crippen molar-refractivity contribution in [1.82, 2.24) is 0 Å². The normalized spacial score (nSPS) is 12.7. The molecular formula is C22H34O3. The highest BCUT2D eigenvalue weighted by atomic mass is 16.6. The first-order valence-corrected chi connectivity index (χ1v) is 9.73. The molecule has 25 heavy (non-hydrogen) atoms. The van der Waals surface area contributed by atoms with Gasteiger partial charge in [-0.05, 0) is 37.3 Å². The van der Waals surface area contributed by atoms with Crippen LogP contribution in [0, 0.1) is 0 Å². The molecule has 0 heterocycles. The number of benzene rings is 1. The Kier molecular flexibility index (Phi) is 11.5. The van der Waals surface area contributed by atoms with E-state index in [1.807, 2.05) is 30.3 Å². The summed E-state index contributed by atoms with van der Waals surface area (Å²) in [6, 6.07) is 9.70. The second-order valence-corrected chi connectivity index (χ2v) is 6.50. The van der Waals surface area contributed by atoms with Crippen LogP contribution in [0.2, 0.25) is 0 Å². The quantitative estimate of drug-likeness (QED) is 0.186. The molecule has 0 bridgehead atoms. The first kappa shape index (κ1) is 21.3. The fraction of sp³-hybridized carbons (Fsp3) is 0.591.